The molecule has 2 unspecified atom stereocenters. The molecular formula is C15H12F4O2S. The molecule has 0 radical (unpaired) electrons. The molecule has 2 nitrogen and oxygen atoms in total. The van der Waals surface area contributed by atoms with Gasteiger partial charge >= 0.3 is 5.97 Å². The molecule has 0 fully saturated rings. The third-order valence-electron chi connectivity index (χ3n) is 3.43. The molecule has 1 aromatic carbocycles. The van der Waals surface area contributed by atoms with Gasteiger partial charge in [0.1, 0.15) is 5.83 Å². The summed E-state index contributed by atoms with van der Waals surface area (Å²) in [5.74, 6) is -6.20. The zero-order chi connectivity index (χ0) is 16.5. The molecule has 0 heterocycles. The summed E-state index contributed by atoms with van der Waals surface area (Å²) in [5.41, 5.74) is -0.839. The van der Waals surface area contributed by atoms with Crippen LogP contribution >= 0.6 is 11.8 Å². The molecule has 22 heavy (non-hydrogen) atoms. The number of rotatable bonds is 3. The van der Waals surface area contributed by atoms with Crippen molar-refractivity contribution in [2.75, 3.05) is 13.4 Å². The number of alkyl halides is 1. The number of thioether (sulfide) groups is 1. The third-order valence-corrected chi connectivity index (χ3v) is 4.63. The maximum atomic E-state index is 14.5. The van der Waals surface area contributed by atoms with E-state index in [9.17, 15) is 22.4 Å². The van der Waals surface area contributed by atoms with E-state index in [4.69, 9.17) is 0 Å². The zero-order valence-corrected chi connectivity index (χ0v) is 12.5. The van der Waals surface area contributed by atoms with Gasteiger partial charge in [0.2, 0.25) is 4.75 Å². The molecule has 0 spiro atoms. The van der Waals surface area contributed by atoms with Crippen molar-refractivity contribution in [2.45, 2.75) is 10.9 Å². The lowest BCUT2D eigenvalue weighted by atomic mass is 9.87. The summed E-state index contributed by atoms with van der Waals surface area (Å²) in [6.07, 6.45) is -1.51. The standard InChI is InChI=1S/C15H12F4O2S/c1-21-14(20)15(22-2)12(18)10(16)9(11(17)13(15)19)8-6-4-3-5-7-8/h3-7,12H,1-2H3. The number of halogens is 4. The Morgan fingerprint density at radius 3 is 2.32 bits per heavy atom. The van der Waals surface area contributed by atoms with Gasteiger partial charge < -0.3 is 4.74 Å². The topological polar surface area (TPSA) is 26.3 Å². The van der Waals surface area contributed by atoms with Gasteiger partial charge in [0.05, 0.1) is 12.7 Å². The van der Waals surface area contributed by atoms with E-state index in [0.717, 1.165) is 7.11 Å². The van der Waals surface area contributed by atoms with Gasteiger partial charge in [-0.15, -0.1) is 11.8 Å². The molecule has 0 saturated carbocycles. The minimum atomic E-state index is -2.71. The van der Waals surface area contributed by atoms with E-state index in [1.807, 2.05) is 0 Å². The van der Waals surface area contributed by atoms with Crippen molar-refractivity contribution in [1.82, 2.24) is 0 Å². The van der Waals surface area contributed by atoms with Crippen LogP contribution in [0.4, 0.5) is 17.6 Å². The summed E-state index contributed by atoms with van der Waals surface area (Å²) in [6, 6.07) is 7.18. The maximum absolute atomic E-state index is 14.5. The van der Waals surface area contributed by atoms with E-state index in [-0.39, 0.29) is 5.56 Å². The van der Waals surface area contributed by atoms with Crippen LogP contribution in [-0.2, 0) is 9.53 Å². The van der Waals surface area contributed by atoms with E-state index in [0.29, 0.717) is 11.8 Å². The Hall–Kier alpha value is -1.76. The predicted octanol–water partition coefficient (Wildman–Crippen LogP) is 4.14. The van der Waals surface area contributed by atoms with Crippen LogP contribution in [0.25, 0.3) is 5.57 Å². The molecule has 118 valence electrons. The molecule has 2 atom stereocenters. The lowest BCUT2D eigenvalue weighted by Crippen LogP contribution is -2.48. The number of methoxy groups -OCH3 is 1. The van der Waals surface area contributed by atoms with E-state index < -0.39 is 39.9 Å². The molecule has 7 heteroatoms. The molecule has 0 aromatic heterocycles. The van der Waals surface area contributed by atoms with Crippen LogP contribution in [0.2, 0.25) is 0 Å². The van der Waals surface area contributed by atoms with Crippen LogP contribution in [0.3, 0.4) is 0 Å². The quantitative estimate of drug-likeness (QED) is 0.615. The van der Waals surface area contributed by atoms with Crippen molar-refractivity contribution >= 4 is 23.3 Å². The highest BCUT2D eigenvalue weighted by Gasteiger charge is 2.58. The highest BCUT2D eigenvalue weighted by molar-refractivity contribution is 8.01. The number of esters is 1. The normalized spacial score (nSPS) is 25.5. The molecule has 1 aromatic rings. The summed E-state index contributed by atoms with van der Waals surface area (Å²) in [4.78, 5) is 11.8. The smallest absolute Gasteiger partial charge is 0.332 e. The van der Waals surface area contributed by atoms with Crippen molar-refractivity contribution in [3.8, 4) is 0 Å². The van der Waals surface area contributed by atoms with Gasteiger partial charge in [-0.25, -0.2) is 22.4 Å². The molecule has 1 aliphatic rings. The Labute approximate surface area is 128 Å². The first-order valence-electron chi connectivity index (χ1n) is 6.20. The van der Waals surface area contributed by atoms with Crippen LogP contribution < -0.4 is 0 Å². The van der Waals surface area contributed by atoms with Crippen LogP contribution in [0, 0.1) is 0 Å². The summed E-state index contributed by atoms with van der Waals surface area (Å²) < 4.78 is 59.3. The minimum Gasteiger partial charge on any atom is -0.468 e. The lowest BCUT2D eigenvalue weighted by Gasteiger charge is -2.34. The number of ether oxygens (including phenoxy) is 1. The Bertz CT molecular complexity index is 657. The van der Waals surface area contributed by atoms with E-state index >= 15 is 0 Å². The first-order valence-corrected chi connectivity index (χ1v) is 7.43. The fraction of sp³-hybridized carbons (Fsp3) is 0.267. The van der Waals surface area contributed by atoms with E-state index in [2.05, 4.69) is 4.74 Å². The first kappa shape index (κ1) is 16.6. The summed E-state index contributed by atoms with van der Waals surface area (Å²) in [5, 5.41) is 0. The van der Waals surface area contributed by atoms with Gasteiger partial charge in [0, 0.05) is 0 Å². The molecule has 0 saturated heterocycles. The van der Waals surface area contributed by atoms with Gasteiger partial charge in [-0.05, 0) is 11.8 Å². The number of benzene rings is 1. The summed E-state index contributed by atoms with van der Waals surface area (Å²) >= 11 is 0.350. The second kappa shape index (κ2) is 6.16. The summed E-state index contributed by atoms with van der Waals surface area (Å²) in [6.45, 7) is 0. The van der Waals surface area contributed by atoms with Gasteiger partial charge in [-0.1, -0.05) is 30.3 Å². The second-order valence-electron chi connectivity index (χ2n) is 4.51. The van der Waals surface area contributed by atoms with Gasteiger partial charge in [-0.2, -0.15) is 0 Å². The number of hydrogen-bond acceptors (Lipinski definition) is 3. The monoisotopic (exact) mass is 332 g/mol. The Morgan fingerprint density at radius 2 is 1.82 bits per heavy atom. The maximum Gasteiger partial charge on any atom is 0.332 e. The second-order valence-corrected chi connectivity index (χ2v) is 5.56. The summed E-state index contributed by atoms with van der Waals surface area (Å²) in [7, 11) is 0.895. The lowest BCUT2D eigenvalue weighted by molar-refractivity contribution is -0.144. The van der Waals surface area contributed by atoms with Crippen molar-refractivity contribution in [3.05, 3.63) is 53.4 Å². The third kappa shape index (κ3) is 2.24. The van der Waals surface area contributed by atoms with Crippen LogP contribution in [0.15, 0.2) is 47.8 Å². The van der Waals surface area contributed by atoms with Crippen LogP contribution in [-0.4, -0.2) is 30.3 Å². The SMILES string of the molecule is COC(=O)C1(SC)C(F)=C(F)C(c2ccccc2)=C(F)C1F. The number of hydrogen-bond donors (Lipinski definition) is 0. The number of allylic oxidation sites excluding steroid dienone is 3. The Balaban J connectivity index is 2.69. The molecular weight excluding hydrogens is 320 g/mol. The largest absolute Gasteiger partial charge is 0.468 e. The first-order chi connectivity index (χ1) is 10.4. The predicted molar refractivity (Wildman–Crippen MR) is 76.9 cm³/mol. The van der Waals surface area contributed by atoms with Gasteiger partial charge in [0.15, 0.2) is 17.8 Å². The zero-order valence-electron chi connectivity index (χ0n) is 11.7. The average molecular weight is 332 g/mol. The highest BCUT2D eigenvalue weighted by Crippen LogP contribution is 2.51. The van der Waals surface area contributed by atoms with Crippen molar-refractivity contribution < 1.29 is 27.1 Å². The molecule has 0 amide bonds. The Kier molecular flexibility index (Phi) is 4.65. The molecule has 0 aliphatic heterocycles. The fourth-order valence-corrected chi connectivity index (χ4v) is 3.11. The van der Waals surface area contributed by atoms with E-state index in [1.54, 1.807) is 6.07 Å². The molecule has 0 N–H and O–H groups in total. The van der Waals surface area contributed by atoms with Crippen molar-refractivity contribution in [2.24, 2.45) is 0 Å². The highest BCUT2D eigenvalue weighted by atomic mass is 32.2. The fourth-order valence-electron chi connectivity index (χ4n) is 2.28. The molecule has 0 bridgehead atoms. The number of carbonyl (C=O) groups is 1. The van der Waals surface area contributed by atoms with E-state index in [1.165, 1.54) is 30.5 Å². The van der Waals surface area contributed by atoms with Crippen LogP contribution in [0.1, 0.15) is 5.56 Å². The molecule has 1 aliphatic carbocycles. The Morgan fingerprint density at radius 1 is 1.23 bits per heavy atom. The van der Waals surface area contributed by atoms with Gasteiger partial charge in [-0.3, -0.25) is 0 Å². The number of carbonyl (C=O) groups excluding carboxylic acids is 1. The van der Waals surface area contributed by atoms with Crippen molar-refractivity contribution in [3.63, 3.8) is 0 Å². The average Bonchev–Trinajstić information content (AvgIpc) is 2.55. The van der Waals surface area contributed by atoms with Crippen molar-refractivity contribution in [1.29, 1.82) is 0 Å². The van der Waals surface area contributed by atoms with Gasteiger partial charge in [0.25, 0.3) is 0 Å². The minimum absolute atomic E-state index is 0.0186. The molecule has 2 rings (SSSR count). The van der Waals surface area contributed by atoms with Crippen LogP contribution in [0.5, 0.6) is 0 Å².